The third-order valence-electron chi connectivity index (χ3n) is 17.7. The van der Waals surface area contributed by atoms with E-state index < -0.39 is 576 Å². The van der Waals surface area contributed by atoms with Gasteiger partial charge in [-0.3, -0.25) is 0 Å². The molecule has 21 aromatic rings. The van der Waals surface area contributed by atoms with Crippen LogP contribution in [0.5, 0.6) is 0 Å². The summed E-state index contributed by atoms with van der Waals surface area (Å²) in [7, 11) is 0. The van der Waals surface area contributed by atoms with Crippen LogP contribution in [0.2, 0.25) is 0 Å². The number of rotatable bonds is 6. The molecule has 480 valence electrons. The lowest BCUT2D eigenvalue weighted by Crippen LogP contribution is -2.14. The third-order valence-corrected chi connectivity index (χ3v) is 17.7. The van der Waals surface area contributed by atoms with Crippen LogP contribution in [0.4, 0.5) is 0 Å². The summed E-state index contributed by atoms with van der Waals surface area (Å²) in [6, 6.07) is -53.4. The fourth-order valence-electron chi connectivity index (χ4n) is 13.2. The Labute approximate surface area is 679 Å². The van der Waals surface area contributed by atoms with Crippen molar-refractivity contribution in [2.24, 2.45) is 0 Å². The largest absolute Gasteiger partial charge is 0.456 e. The molecule has 2 nitrogen and oxygen atoms in total. The molecule has 0 aliphatic heterocycles. The van der Waals surface area contributed by atoms with Gasteiger partial charge in [0.25, 0.3) is 0 Å². The predicted octanol–water partition coefficient (Wildman–Crippen LogP) is 28.7. The molecule has 103 heavy (non-hydrogen) atoms. The van der Waals surface area contributed by atoms with E-state index in [1.54, 1.807) is 0 Å². The Hall–Kier alpha value is -13.1. The molecule has 0 amide bonds. The predicted molar refractivity (Wildman–Crippen MR) is 438 cm³/mol. The fraction of sp³-hybridized carbons (Fsp3) is 0.0297. The molecule has 19 aromatic carbocycles. The van der Waals surface area contributed by atoms with Gasteiger partial charge in [0.1, 0.15) is 22.3 Å². The summed E-state index contributed by atoms with van der Waals surface area (Å²) in [5.41, 5.74) is -15.9. The van der Waals surface area contributed by atoms with Crippen LogP contribution in [-0.4, -0.2) is 0 Å². The molecule has 0 radical (unpaired) electrons. The van der Waals surface area contributed by atoms with Crippen LogP contribution in [0.15, 0.2) is 359 Å². The molecular formula is C101H64O2. The summed E-state index contributed by atoms with van der Waals surface area (Å²) in [5, 5.41) is -12.4. The number of fused-ring (bicyclic) bond motifs is 18. The van der Waals surface area contributed by atoms with Gasteiger partial charge in [0, 0.05) is 29.7 Å². The van der Waals surface area contributed by atoms with Crippen LogP contribution in [0.25, 0.3) is 208 Å². The lowest BCUT2D eigenvalue weighted by atomic mass is 9.80. The minimum Gasteiger partial charge on any atom is -0.456 e. The third kappa shape index (κ3) is 9.21. The van der Waals surface area contributed by atoms with Crippen molar-refractivity contribution in [3.8, 4) is 77.9 Å². The van der Waals surface area contributed by atoms with Crippen molar-refractivity contribution in [2.45, 2.75) is 19.2 Å². The molecule has 2 heteroatoms. The number of hydrogen-bond acceptors (Lipinski definition) is 2. The second-order valence-electron chi connectivity index (χ2n) is 23.5. The van der Waals surface area contributed by atoms with Crippen LogP contribution in [0.3, 0.4) is 0 Å². The average molecular weight is 1370 g/mol. The first-order valence-corrected chi connectivity index (χ1v) is 30.9. The van der Waals surface area contributed by atoms with Gasteiger partial charge in [-0.05, 0) is 224 Å². The minimum absolute atomic E-state index is 0.373. The van der Waals surface area contributed by atoms with Crippen LogP contribution in [0, 0.1) is 0 Å². The van der Waals surface area contributed by atoms with Gasteiger partial charge in [-0.1, -0.05) is 316 Å². The van der Waals surface area contributed by atoms with Crippen LogP contribution >= 0.6 is 0 Å². The summed E-state index contributed by atoms with van der Waals surface area (Å²) >= 11 is 0. The maximum atomic E-state index is 9.97. The molecule has 2 aromatic heterocycles. The second kappa shape index (κ2) is 23.0. The summed E-state index contributed by atoms with van der Waals surface area (Å²) in [6.45, 7) is -0.923. The molecule has 0 saturated heterocycles. The maximum absolute atomic E-state index is 9.97. The minimum atomic E-state index is -2.22. The lowest BCUT2D eigenvalue weighted by Gasteiger charge is -2.23. The van der Waals surface area contributed by atoms with Crippen LogP contribution < -0.4 is 0 Å². The monoisotopic (exact) mass is 1370 g/mol. The summed E-state index contributed by atoms with van der Waals surface area (Å²) in [6.07, 6.45) is 0. The summed E-state index contributed by atoms with van der Waals surface area (Å²) in [5.74, 6) is 0. The molecule has 1 unspecified atom stereocenters. The summed E-state index contributed by atoms with van der Waals surface area (Å²) < 4.78 is 558. The quantitative estimate of drug-likeness (QED) is 0.123. The van der Waals surface area contributed by atoms with Crippen molar-refractivity contribution in [3.05, 3.63) is 362 Å². The van der Waals surface area contributed by atoms with Crippen LogP contribution in [0.1, 0.15) is 107 Å². The van der Waals surface area contributed by atoms with E-state index >= 15 is 0 Å². The topological polar surface area (TPSA) is 26.3 Å². The normalized spacial score (nSPS) is 21.8. The summed E-state index contributed by atoms with van der Waals surface area (Å²) in [4.78, 5) is 0. The Morgan fingerprint density at radius 2 is 0.563 bits per heavy atom. The van der Waals surface area contributed by atoms with E-state index in [-0.39, 0.29) is 5.56 Å². The number of furan rings is 2. The SMILES string of the molecule is [2H]c1c([2H])c(-c2c([2H])c([2H])c([2H])c3oc4c([2H])c5c([2H])c([2H])c([2H])c([2H])c5c([2H])c4c23)c([2H])c([2H])c1-c1c2c([2H])c([2H])c([2H])c([2H])c2c(-c2c([2H])c([2H])c3c(c2[2H])c([2H])c([2H])c2c([2H])c([2H])c([2H])c([2H])c23)c2c([2H])c([2H])c([2H])c([2H])c12.[2H]c1c([2H])c([2H])c2c(c1[2H])-c1c([2H])c([2H])c(-c3c4c([2H])c([2H])c([2H])c([2H])c4c(-c4c([2H])c([2H])c(-c5c([2H])c([2H])c([2H])c6oc7c([2H])c8c([2H])c([2H])c([2H])c([2H])c8c([2H])c7c56)c([2H])c4[2H])c4c([2H])c([2H])c([2H])c([2H])c34)c([2H])c1C2(C)C([2H])[2H]. The Kier molecular flexibility index (Phi) is 5.48. The highest BCUT2D eigenvalue weighted by Crippen LogP contribution is 2.53. The second-order valence-corrected chi connectivity index (χ2v) is 23.5. The zero-order valence-electron chi connectivity index (χ0n) is 112. The highest BCUT2D eigenvalue weighted by Gasteiger charge is 2.36. The molecule has 1 aliphatic carbocycles. The Morgan fingerprint density at radius 1 is 0.223 bits per heavy atom. The van der Waals surface area contributed by atoms with Gasteiger partial charge in [0.15, 0.2) is 0 Å². The molecule has 1 atom stereocenters. The first-order valence-electron chi connectivity index (χ1n) is 61.0. The number of hydrogen-bond donors (Lipinski definition) is 0. The zero-order chi connectivity index (χ0) is 120. The molecule has 1 aliphatic rings. The van der Waals surface area contributed by atoms with Gasteiger partial charge in [0.05, 0.1) is 79.5 Å². The molecule has 22 rings (SSSR count). The molecule has 0 saturated carbocycles. The highest BCUT2D eigenvalue weighted by molar-refractivity contribution is 6.25. The molecule has 0 N–H and O–H groups in total. The van der Waals surface area contributed by atoms with Gasteiger partial charge >= 0.3 is 0 Å². The molecule has 0 fully saturated rings. The van der Waals surface area contributed by atoms with Crippen molar-refractivity contribution in [2.75, 3.05) is 0 Å². The van der Waals surface area contributed by atoms with Gasteiger partial charge in [-0.2, -0.15) is 0 Å². The first-order chi connectivity index (χ1) is 76.0. The highest BCUT2D eigenvalue weighted by atomic mass is 16.3. The average Bonchev–Trinajstić information content (AvgIpc) is 1.59. The fourth-order valence-corrected chi connectivity index (χ4v) is 13.2. The molecule has 2 heterocycles. The van der Waals surface area contributed by atoms with E-state index in [9.17, 15) is 35.6 Å². The number of benzene rings is 19. The Morgan fingerprint density at radius 3 is 1.04 bits per heavy atom. The van der Waals surface area contributed by atoms with E-state index in [1.807, 2.05) is 0 Å². The van der Waals surface area contributed by atoms with Crippen molar-refractivity contribution in [1.82, 2.24) is 0 Å². The van der Waals surface area contributed by atoms with Gasteiger partial charge in [0.2, 0.25) is 0 Å². The van der Waals surface area contributed by atoms with Crippen molar-refractivity contribution in [3.63, 3.8) is 0 Å². The van der Waals surface area contributed by atoms with Gasteiger partial charge in [-0.15, -0.1) is 0 Å². The lowest BCUT2D eigenvalue weighted by molar-refractivity contribution is 0.660. The zero-order valence-corrected chi connectivity index (χ0v) is 51.9. The van der Waals surface area contributed by atoms with E-state index in [0.29, 0.717) is 0 Å². The Bertz CT molecular complexity index is 10700. The first kappa shape index (κ1) is 24.6. The van der Waals surface area contributed by atoms with Crippen molar-refractivity contribution in [1.29, 1.82) is 0 Å². The van der Waals surface area contributed by atoms with E-state index in [2.05, 4.69) is 0 Å². The maximum Gasteiger partial charge on any atom is 0.136 e. The van der Waals surface area contributed by atoms with Crippen molar-refractivity contribution >= 4 is 130 Å². The smallest absolute Gasteiger partial charge is 0.136 e. The standard InChI is InChI=1S/C51H34O.C50H30O/c1-51(2)44-20-10-9-14-37(44)38-27-26-35(29-45(38)51)49-41-17-7-5-15-39(41)48(40-16-6-8-18-42(40)49)32-24-22-31(23-25-32)36-19-11-21-46-50(36)43-28-33-12-3-4-13-34(33)30-47(43)52-46;1-2-12-35-30-47-45(29-34(35)11-1)50-40(18-9-19-46(50)51-47)32-20-23-33(24-21-32)48-41-14-5-7-16-43(41)49(44-17-8-6-15-42(44)48)37-26-27-39-36(28-37)25-22-31-10-3-4-13-38(31)39/h3-30H,1-2H3;1-30H/i1D2,3D,4D,5D,6D,7D,8D,9D,10D,11D,12D,13D,14D,15D,16D,17D,18D,19D,20D,21D,22D,23D,24D,25D,26D,27D,28D,29D,30D;1D,2D,3D,4D,5D,6D,7D,8D,9D,10D,11D,12D,13D,14D,15D,16D,17D,18D,19D,20D,21D,22D,23D,24D,25D,26D,27D,28D,29D,30D. The van der Waals surface area contributed by atoms with Gasteiger partial charge in [-0.25, -0.2) is 0 Å². The van der Waals surface area contributed by atoms with E-state index in [4.69, 9.17) is 55.4 Å². The van der Waals surface area contributed by atoms with E-state index in [1.165, 1.54) is 6.92 Å². The molecule has 0 spiro atoms. The molecule has 0 bridgehead atoms. The molecular weight excluding hydrogens is 1250 g/mol. The van der Waals surface area contributed by atoms with Gasteiger partial charge < -0.3 is 8.83 Å². The Balaban J connectivity index is 0.000000187. The van der Waals surface area contributed by atoms with E-state index in [0.717, 1.165) is 0 Å². The van der Waals surface area contributed by atoms with Crippen LogP contribution in [-0.2, 0) is 5.41 Å². The van der Waals surface area contributed by atoms with Crippen molar-refractivity contribution < 1.29 is 91.1 Å².